The number of nitrogens with zero attached hydrogens (tertiary/aromatic N) is 3. The van der Waals surface area contributed by atoms with Crippen molar-refractivity contribution in [1.82, 2.24) is 24.8 Å². The van der Waals surface area contributed by atoms with Gasteiger partial charge in [-0.15, -0.1) is 0 Å². The number of benzene rings is 1. The van der Waals surface area contributed by atoms with Crippen molar-refractivity contribution in [1.29, 1.82) is 0 Å². The zero-order valence-electron chi connectivity index (χ0n) is 21.8. The summed E-state index contributed by atoms with van der Waals surface area (Å²) in [4.78, 5) is 19.2. The fraction of sp³-hybridized carbons (Fsp3) is 0.188. The molecular formula is C32H29N5O2. The van der Waals surface area contributed by atoms with Gasteiger partial charge in [0, 0.05) is 52.8 Å². The van der Waals surface area contributed by atoms with Crippen molar-refractivity contribution >= 4 is 45.9 Å². The maximum Gasteiger partial charge on any atom is 0.123 e. The van der Waals surface area contributed by atoms with Crippen LogP contribution >= 0.6 is 0 Å². The Hall–Kier alpha value is -4.46. The molecule has 39 heavy (non-hydrogen) atoms. The summed E-state index contributed by atoms with van der Waals surface area (Å²) in [6.45, 7) is 4.20. The van der Waals surface area contributed by atoms with E-state index in [0.717, 1.165) is 100 Å². The molecule has 7 heteroatoms. The number of hydrogen-bond donors (Lipinski definition) is 2. The van der Waals surface area contributed by atoms with Gasteiger partial charge in [-0.3, -0.25) is 4.90 Å². The Morgan fingerprint density at radius 3 is 2.08 bits per heavy atom. The van der Waals surface area contributed by atoms with E-state index in [0.29, 0.717) is 0 Å². The standard InChI is InChI=1S/C32H29N5O2/c1-38-32-9-2-21(14-22(32)20-37-10-12-39-13-11-37)30-18-29-17-27-6-5-25(34-27)15-23-3-4-24(33-23)16-26-7-8-28(35-26)19-31(30)36-29/h2-9,14-19,34-35H,10-13,20H2,1H3. The zero-order chi connectivity index (χ0) is 26.2. The third-order valence-electron chi connectivity index (χ3n) is 7.25. The molecule has 6 heterocycles. The molecule has 0 spiro atoms. The number of fused-ring (bicyclic) bond motifs is 8. The lowest BCUT2D eigenvalue weighted by molar-refractivity contribution is 0.0339. The van der Waals surface area contributed by atoms with Crippen LogP contribution in [0.25, 0.3) is 45.9 Å². The van der Waals surface area contributed by atoms with Crippen molar-refractivity contribution in [2.75, 3.05) is 33.4 Å². The predicted molar refractivity (Wildman–Crippen MR) is 156 cm³/mol. The molecule has 3 aliphatic heterocycles. The molecule has 0 saturated carbocycles. The van der Waals surface area contributed by atoms with Gasteiger partial charge in [0.05, 0.1) is 43.1 Å². The fourth-order valence-electron chi connectivity index (χ4n) is 5.31. The van der Waals surface area contributed by atoms with E-state index in [1.165, 1.54) is 0 Å². The third kappa shape index (κ3) is 5.02. The summed E-state index contributed by atoms with van der Waals surface area (Å²) in [7, 11) is 1.73. The molecule has 0 radical (unpaired) electrons. The van der Waals surface area contributed by atoms with Gasteiger partial charge in [0.1, 0.15) is 5.75 Å². The van der Waals surface area contributed by atoms with E-state index in [-0.39, 0.29) is 0 Å². The molecule has 1 aromatic carbocycles. The van der Waals surface area contributed by atoms with E-state index >= 15 is 0 Å². The molecule has 1 saturated heterocycles. The van der Waals surface area contributed by atoms with E-state index in [1.54, 1.807) is 7.11 Å². The molecule has 3 aromatic heterocycles. The van der Waals surface area contributed by atoms with E-state index in [2.05, 4.69) is 87.7 Å². The number of morpholine rings is 1. The van der Waals surface area contributed by atoms with E-state index < -0.39 is 0 Å². The zero-order valence-corrected chi connectivity index (χ0v) is 21.8. The lowest BCUT2D eigenvalue weighted by Gasteiger charge is -2.27. The number of nitrogens with one attached hydrogen (secondary N) is 2. The second-order valence-electron chi connectivity index (χ2n) is 10.0. The molecule has 7 nitrogen and oxygen atoms in total. The Morgan fingerprint density at radius 1 is 0.769 bits per heavy atom. The maximum atomic E-state index is 5.73. The molecule has 3 aliphatic rings. The van der Waals surface area contributed by atoms with Crippen molar-refractivity contribution in [2.24, 2.45) is 0 Å². The van der Waals surface area contributed by atoms with Gasteiger partial charge in [-0.05, 0) is 84.5 Å². The SMILES string of the molecule is COc1ccc(C2=Cc3cc4ccc(cc5nc(cc6ccc(cc2n3)[nH]6)C=C5)[nH]4)cc1CN1CCOCC1. The van der Waals surface area contributed by atoms with Crippen LogP contribution in [0.1, 0.15) is 33.9 Å². The molecule has 7 rings (SSSR count). The van der Waals surface area contributed by atoms with Crippen LogP contribution in [0.2, 0.25) is 0 Å². The van der Waals surface area contributed by atoms with Gasteiger partial charge in [0.15, 0.2) is 0 Å². The van der Waals surface area contributed by atoms with Crippen LogP contribution in [0.3, 0.4) is 0 Å². The Labute approximate surface area is 226 Å². The highest BCUT2D eigenvalue weighted by atomic mass is 16.5. The second-order valence-corrected chi connectivity index (χ2v) is 10.0. The van der Waals surface area contributed by atoms with Crippen LogP contribution in [0, 0.1) is 0 Å². The predicted octanol–water partition coefficient (Wildman–Crippen LogP) is 5.91. The highest BCUT2D eigenvalue weighted by Crippen LogP contribution is 2.32. The van der Waals surface area contributed by atoms with Crippen LogP contribution < -0.4 is 4.74 Å². The lowest BCUT2D eigenvalue weighted by Crippen LogP contribution is -2.35. The van der Waals surface area contributed by atoms with Crippen molar-refractivity contribution in [2.45, 2.75) is 6.54 Å². The summed E-state index contributed by atoms with van der Waals surface area (Å²) in [5.74, 6) is 0.899. The first kappa shape index (κ1) is 23.6. The topological polar surface area (TPSA) is 79.1 Å². The summed E-state index contributed by atoms with van der Waals surface area (Å²) >= 11 is 0. The molecule has 0 amide bonds. The largest absolute Gasteiger partial charge is 0.496 e. The van der Waals surface area contributed by atoms with E-state index in [4.69, 9.17) is 19.4 Å². The molecule has 4 aromatic rings. The monoisotopic (exact) mass is 515 g/mol. The first-order valence-electron chi connectivity index (χ1n) is 13.2. The average Bonchev–Trinajstić information content (AvgIpc) is 3.75. The lowest BCUT2D eigenvalue weighted by atomic mass is 9.99. The quantitative estimate of drug-likeness (QED) is 0.305. The number of methoxy groups -OCH3 is 1. The number of hydrogen-bond acceptors (Lipinski definition) is 5. The molecule has 0 aliphatic carbocycles. The smallest absolute Gasteiger partial charge is 0.123 e. The second kappa shape index (κ2) is 10.0. The van der Waals surface area contributed by atoms with Gasteiger partial charge in [-0.25, -0.2) is 9.97 Å². The summed E-state index contributed by atoms with van der Waals surface area (Å²) in [6, 6.07) is 23.0. The van der Waals surface area contributed by atoms with Gasteiger partial charge >= 0.3 is 0 Å². The highest BCUT2D eigenvalue weighted by molar-refractivity contribution is 5.93. The van der Waals surface area contributed by atoms with Gasteiger partial charge in [-0.2, -0.15) is 0 Å². The molecule has 8 bridgehead atoms. The van der Waals surface area contributed by atoms with Gasteiger partial charge < -0.3 is 19.4 Å². The normalized spacial score (nSPS) is 15.4. The Kier molecular flexibility index (Phi) is 6.07. The molecule has 1 fully saturated rings. The van der Waals surface area contributed by atoms with Crippen LogP contribution in [-0.2, 0) is 11.3 Å². The number of rotatable bonds is 4. The number of aromatic nitrogens is 4. The van der Waals surface area contributed by atoms with E-state index in [1.807, 2.05) is 12.2 Å². The van der Waals surface area contributed by atoms with Crippen molar-refractivity contribution in [3.05, 3.63) is 101 Å². The van der Waals surface area contributed by atoms with Crippen LogP contribution in [0.4, 0.5) is 0 Å². The summed E-state index contributed by atoms with van der Waals surface area (Å²) in [5.41, 5.74) is 11.0. The first-order chi connectivity index (χ1) is 19.2. The molecule has 2 N–H and O–H groups in total. The van der Waals surface area contributed by atoms with Crippen molar-refractivity contribution in [3.8, 4) is 5.75 Å². The van der Waals surface area contributed by atoms with Crippen LogP contribution in [0.15, 0.2) is 66.7 Å². The average molecular weight is 516 g/mol. The maximum absolute atomic E-state index is 5.73. The van der Waals surface area contributed by atoms with Gasteiger partial charge in [0.25, 0.3) is 0 Å². The fourth-order valence-corrected chi connectivity index (χ4v) is 5.31. The summed E-state index contributed by atoms with van der Waals surface area (Å²) in [6.07, 6.45) is 6.23. The summed E-state index contributed by atoms with van der Waals surface area (Å²) < 4.78 is 11.3. The highest BCUT2D eigenvalue weighted by Gasteiger charge is 2.18. The molecule has 194 valence electrons. The minimum atomic E-state index is 0.768. The Morgan fingerprint density at radius 2 is 1.41 bits per heavy atom. The van der Waals surface area contributed by atoms with Crippen molar-refractivity contribution < 1.29 is 9.47 Å². The van der Waals surface area contributed by atoms with Crippen LogP contribution in [0.5, 0.6) is 5.75 Å². The van der Waals surface area contributed by atoms with Crippen LogP contribution in [-0.4, -0.2) is 58.2 Å². The summed E-state index contributed by atoms with van der Waals surface area (Å²) in [5, 5.41) is 0. The molecule has 0 unspecified atom stereocenters. The van der Waals surface area contributed by atoms with Crippen molar-refractivity contribution in [3.63, 3.8) is 0 Å². The minimum absolute atomic E-state index is 0.768. The van der Waals surface area contributed by atoms with E-state index in [9.17, 15) is 0 Å². The first-order valence-corrected chi connectivity index (χ1v) is 13.2. The van der Waals surface area contributed by atoms with Gasteiger partial charge in [-0.1, -0.05) is 6.07 Å². The third-order valence-corrected chi connectivity index (χ3v) is 7.25. The Balaban J connectivity index is 1.37. The number of ether oxygens (including phenoxy) is 2. The minimum Gasteiger partial charge on any atom is -0.496 e. The molecular weight excluding hydrogens is 486 g/mol. The number of aromatic amines is 2. The van der Waals surface area contributed by atoms with Gasteiger partial charge in [0.2, 0.25) is 0 Å². The number of H-pyrrole nitrogens is 2. The molecule has 0 atom stereocenters. The Bertz CT molecular complexity index is 1770.